The minimum Gasteiger partial charge on any atom is -0.356 e. The molecule has 0 spiro atoms. The van der Waals surface area contributed by atoms with E-state index in [0.29, 0.717) is 18.1 Å². The van der Waals surface area contributed by atoms with Gasteiger partial charge in [0, 0.05) is 25.9 Å². The number of likely N-dealkylation sites (N-methyl/N-ethyl adjacent to an activating group) is 1. The van der Waals surface area contributed by atoms with Crippen LogP contribution in [-0.2, 0) is 0 Å². The number of hydrogen-bond acceptors (Lipinski definition) is 6. The van der Waals surface area contributed by atoms with E-state index in [9.17, 15) is 10.1 Å². The van der Waals surface area contributed by atoms with Crippen LogP contribution in [0.5, 0.6) is 0 Å². The lowest BCUT2D eigenvalue weighted by Crippen LogP contribution is -2.19. The number of rotatable bonds is 10. The summed E-state index contributed by atoms with van der Waals surface area (Å²) in [5, 5.41) is 14.1. The van der Waals surface area contributed by atoms with Gasteiger partial charge in [-0.2, -0.15) is 4.98 Å². The molecule has 0 unspecified atom stereocenters. The van der Waals surface area contributed by atoms with Crippen LogP contribution < -0.4 is 10.2 Å². The van der Waals surface area contributed by atoms with Crippen LogP contribution in [0.1, 0.15) is 20.3 Å². The molecule has 26 heavy (non-hydrogen) atoms. The minimum atomic E-state index is -0.489. The molecule has 0 saturated heterocycles. The van der Waals surface area contributed by atoms with Crippen molar-refractivity contribution < 1.29 is 4.92 Å². The van der Waals surface area contributed by atoms with Crippen LogP contribution >= 0.6 is 0 Å². The number of nitro groups is 1. The summed E-state index contributed by atoms with van der Waals surface area (Å²) in [4.78, 5) is 21.2. The van der Waals surface area contributed by atoms with E-state index >= 15 is 0 Å². The zero-order valence-electron chi connectivity index (χ0n) is 15.4. The van der Waals surface area contributed by atoms with Gasteiger partial charge in [-0.3, -0.25) is 10.1 Å². The van der Waals surface area contributed by atoms with E-state index in [-0.39, 0.29) is 11.6 Å². The molecule has 138 valence electrons. The molecule has 0 saturated carbocycles. The lowest BCUT2D eigenvalue weighted by atomic mass is 10.2. The molecule has 1 aromatic heterocycles. The smallest absolute Gasteiger partial charge is 0.292 e. The summed E-state index contributed by atoms with van der Waals surface area (Å²) in [6.07, 6.45) is 14.9. The fourth-order valence-corrected chi connectivity index (χ4v) is 1.95. The van der Waals surface area contributed by atoms with Crippen LogP contribution in [0.4, 0.5) is 11.8 Å². The summed E-state index contributed by atoms with van der Waals surface area (Å²) < 4.78 is 0. The van der Waals surface area contributed by atoms with Crippen LogP contribution in [0, 0.1) is 10.1 Å². The van der Waals surface area contributed by atoms with E-state index < -0.39 is 4.92 Å². The Labute approximate surface area is 154 Å². The zero-order chi connectivity index (χ0) is 19.4. The van der Waals surface area contributed by atoms with Crippen LogP contribution in [0.15, 0.2) is 72.8 Å². The van der Waals surface area contributed by atoms with E-state index in [1.165, 1.54) is 6.08 Å². The van der Waals surface area contributed by atoms with E-state index in [1.807, 2.05) is 56.2 Å². The molecule has 0 fully saturated rings. The molecule has 0 aliphatic rings. The Hall–Kier alpha value is -3.22. The molecule has 1 N–H and O–H groups in total. The Bertz CT molecular complexity index is 735. The van der Waals surface area contributed by atoms with Gasteiger partial charge in [0.15, 0.2) is 0 Å². The van der Waals surface area contributed by atoms with E-state index in [4.69, 9.17) is 0 Å². The third kappa shape index (κ3) is 6.72. The molecule has 0 bridgehead atoms. The lowest BCUT2D eigenvalue weighted by Gasteiger charge is -2.16. The van der Waals surface area contributed by atoms with Gasteiger partial charge in [0.25, 0.3) is 5.70 Å². The van der Waals surface area contributed by atoms with Crippen molar-refractivity contribution in [3.8, 4) is 0 Å². The predicted molar refractivity (Wildman–Crippen MR) is 107 cm³/mol. The van der Waals surface area contributed by atoms with Gasteiger partial charge in [0.1, 0.15) is 11.5 Å². The molecular weight excluding hydrogens is 330 g/mol. The molecule has 0 amide bonds. The predicted octanol–water partition coefficient (Wildman–Crippen LogP) is 4.10. The van der Waals surface area contributed by atoms with E-state index in [2.05, 4.69) is 21.9 Å². The largest absolute Gasteiger partial charge is 0.356 e. The number of hydrogen-bond donors (Lipinski definition) is 1. The van der Waals surface area contributed by atoms with Crippen LogP contribution in [-0.4, -0.2) is 28.5 Å². The van der Waals surface area contributed by atoms with Gasteiger partial charge in [-0.15, -0.1) is 0 Å². The Kier molecular flexibility index (Phi) is 9.09. The standard InChI is InChI=1S/C19H25N5O2/c1-5-8-10-11-15-23(4)18-13-14-20-19(22-18)21-16(12-9-6-2)17(7-3)24(25)26/h5,7-14H,3,6,15H2,1-2,4H3,(H,20,21,22)/b8-5-,11-10-,12-9-,17-16-. The third-order valence-electron chi connectivity index (χ3n) is 3.28. The monoisotopic (exact) mass is 355 g/mol. The molecule has 1 heterocycles. The van der Waals surface area contributed by atoms with Gasteiger partial charge < -0.3 is 10.2 Å². The normalized spacial score (nSPS) is 12.6. The highest BCUT2D eigenvalue weighted by molar-refractivity contribution is 5.48. The fourth-order valence-electron chi connectivity index (χ4n) is 1.95. The second-order valence-electron chi connectivity index (χ2n) is 5.27. The van der Waals surface area contributed by atoms with Crippen molar-refractivity contribution in [2.45, 2.75) is 20.3 Å². The van der Waals surface area contributed by atoms with Gasteiger partial charge in [0.05, 0.1) is 4.92 Å². The number of nitrogens with zero attached hydrogens (tertiary/aromatic N) is 4. The zero-order valence-corrected chi connectivity index (χ0v) is 15.4. The first-order valence-electron chi connectivity index (χ1n) is 8.30. The fraction of sp³-hybridized carbons (Fsp3) is 0.263. The number of nitrogens with one attached hydrogen (secondary N) is 1. The Morgan fingerprint density at radius 2 is 2.19 bits per heavy atom. The number of aromatic nitrogens is 2. The highest BCUT2D eigenvalue weighted by Crippen LogP contribution is 2.15. The molecule has 1 rings (SSSR count). The van der Waals surface area contributed by atoms with Crippen LogP contribution in [0.2, 0.25) is 0 Å². The molecule has 7 heteroatoms. The maximum absolute atomic E-state index is 11.2. The van der Waals surface area contributed by atoms with Crippen molar-refractivity contribution in [3.05, 3.63) is 82.9 Å². The molecule has 7 nitrogen and oxygen atoms in total. The summed E-state index contributed by atoms with van der Waals surface area (Å²) in [7, 11) is 1.91. The first-order valence-corrected chi connectivity index (χ1v) is 8.30. The second kappa shape index (κ2) is 11.4. The van der Waals surface area contributed by atoms with Crippen molar-refractivity contribution in [2.24, 2.45) is 0 Å². The highest BCUT2D eigenvalue weighted by atomic mass is 16.6. The Morgan fingerprint density at radius 1 is 1.42 bits per heavy atom. The maximum Gasteiger partial charge on any atom is 0.292 e. The van der Waals surface area contributed by atoms with Gasteiger partial charge >= 0.3 is 0 Å². The van der Waals surface area contributed by atoms with Crippen molar-refractivity contribution in [1.29, 1.82) is 0 Å². The summed E-state index contributed by atoms with van der Waals surface area (Å²) in [6.45, 7) is 8.09. The van der Waals surface area contributed by atoms with Crippen LogP contribution in [0.25, 0.3) is 0 Å². The number of anilines is 2. The Morgan fingerprint density at radius 3 is 2.81 bits per heavy atom. The molecule has 0 aliphatic heterocycles. The molecule has 0 atom stereocenters. The summed E-state index contributed by atoms with van der Waals surface area (Å²) >= 11 is 0. The van der Waals surface area contributed by atoms with E-state index in [0.717, 1.165) is 6.42 Å². The summed E-state index contributed by atoms with van der Waals surface area (Å²) in [5.74, 6) is 0.983. The van der Waals surface area contributed by atoms with Crippen molar-refractivity contribution >= 4 is 11.8 Å². The van der Waals surface area contributed by atoms with Crippen molar-refractivity contribution in [1.82, 2.24) is 9.97 Å². The first kappa shape index (κ1) is 20.8. The SMILES string of the molecule is C=C/C(=C(\C=C/CC)Nc1nccc(N(C)C/C=C\C=C/C)n1)[N+](=O)[O-]. The minimum absolute atomic E-state index is 0.133. The maximum atomic E-state index is 11.2. The van der Waals surface area contributed by atoms with E-state index in [1.54, 1.807) is 18.3 Å². The quantitative estimate of drug-likeness (QED) is 0.386. The third-order valence-corrected chi connectivity index (χ3v) is 3.28. The topological polar surface area (TPSA) is 84.2 Å². The average molecular weight is 355 g/mol. The second-order valence-corrected chi connectivity index (χ2v) is 5.27. The molecule has 0 aromatic carbocycles. The van der Waals surface area contributed by atoms with Gasteiger partial charge in [0.2, 0.25) is 5.95 Å². The van der Waals surface area contributed by atoms with Gasteiger partial charge in [-0.25, -0.2) is 4.98 Å². The average Bonchev–Trinajstić information content (AvgIpc) is 2.63. The summed E-state index contributed by atoms with van der Waals surface area (Å²) in [5.41, 5.74) is 0.158. The van der Waals surface area contributed by atoms with Gasteiger partial charge in [-0.1, -0.05) is 43.9 Å². The molecule has 0 aliphatic carbocycles. The summed E-state index contributed by atoms with van der Waals surface area (Å²) in [6, 6.07) is 1.78. The molecule has 1 aromatic rings. The van der Waals surface area contributed by atoms with Crippen molar-refractivity contribution in [3.63, 3.8) is 0 Å². The van der Waals surface area contributed by atoms with Crippen LogP contribution in [0.3, 0.4) is 0 Å². The lowest BCUT2D eigenvalue weighted by molar-refractivity contribution is -0.419. The van der Waals surface area contributed by atoms with Crippen molar-refractivity contribution in [2.75, 3.05) is 23.8 Å². The molecular formula is C19H25N5O2. The highest BCUT2D eigenvalue weighted by Gasteiger charge is 2.14. The van der Waals surface area contributed by atoms with Gasteiger partial charge in [-0.05, 0) is 25.5 Å². The Balaban J connectivity index is 3.06. The molecule has 0 radical (unpaired) electrons. The first-order chi connectivity index (χ1) is 12.5. The number of allylic oxidation sites excluding steroid dienone is 6.